The lowest BCUT2D eigenvalue weighted by atomic mass is 10.1. The number of alkyl halides is 3. The van der Waals surface area contributed by atoms with E-state index in [2.05, 4.69) is 0 Å². The van der Waals surface area contributed by atoms with E-state index in [1.54, 1.807) is 19.1 Å². The third-order valence-corrected chi connectivity index (χ3v) is 2.12. The molecule has 0 aliphatic heterocycles. The molecule has 0 heterocycles. The van der Waals surface area contributed by atoms with Crippen molar-refractivity contribution in [3.05, 3.63) is 41.0 Å². The Morgan fingerprint density at radius 3 is 2.38 bits per heavy atom. The second kappa shape index (κ2) is 4.51. The Labute approximate surface area is 91.6 Å². The van der Waals surface area contributed by atoms with Gasteiger partial charge in [0, 0.05) is 0 Å². The van der Waals surface area contributed by atoms with Crippen LogP contribution in [0, 0.1) is 13.8 Å². The van der Waals surface area contributed by atoms with Crippen LogP contribution >= 0.6 is 0 Å². The zero-order valence-electron chi connectivity index (χ0n) is 8.93. The van der Waals surface area contributed by atoms with Gasteiger partial charge in [0.1, 0.15) is 0 Å². The fourth-order valence-corrected chi connectivity index (χ4v) is 1.27. The van der Waals surface area contributed by atoms with Gasteiger partial charge in [-0.1, -0.05) is 29.8 Å². The number of rotatable bonds is 2. The van der Waals surface area contributed by atoms with Crippen molar-refractivity contribution in [1.82, 2.24) is 0 Å². The van der Waals surface area contributed by atoms with Crippen LogP contribution in [0.1, 0.15) is 16.7 Å². The number of ketones is 1. The first-order valence-corrected chi connectivity index (χ1v) is 4.67. The number of halogens is 3. The van der Waals surface area contributed by atoms with E-state index in [1.165, 1.54) is 6.08 Å². The summed E-state index contributed by atoms with van der Waals surface area (Å²) in [6.45, 7) is 3.67. The SMILES string of the molecule is Cc1ccc(/C=C/C(=O)C(F)(F)F)c(C)c1. The maximum Gasteiger partial charge on any atom is 0.454 e. The average molecular weight is 228 g/mol. The summed E-state index contributed by atoms with van der Waals surface area (Å²) in [6.07, 6.45) is -3.06. The molecule has 1 aromatic rings. The van der Waals surface area contributed by atoms with Crippen LogP contribution in [0.4, 0.5) is 13.2 Å². The Morgan fingerprint density at radius 2 is 1.88 bits per heavy atom. The summed E-state index contributed by atoms with van der Waals surface area (Å²) in [4.78, 5) is 10.6. The van der Waals surface area contributed by atoms with Gasteiger partial charge in [0.05, 0.1) is 0 Å². The molecule has 0 aromatic heterocycles. The molecule has 0 unspecified atom stereocenters. The first-order chi connectivity index (χ1) is 7.30. The Kier molecular flexibility index (Phi) is 3.52. The molecule has 0 saturated heterocycles. The van der Waals surface area contributed by atoms with Gasteiger partial charge in [0.25, 0.3) is 5.78 Å². The number of carbonyl (C=O) groups is 1. The second-order valence-electron chi connectivity index (χ2n) is 3.56. The second-order valence-corrected chi connectivity index (χ2v) is 3.56. The molecule has 0 amide bonds. The lowest BCUT2D eigenvalue weighted by Gasteiger charge is -2.02. The number of benzene rings is 1. The standard InChI is InChI=1S/C12H11F3O/c1-8-3-4-10(9(2)7-8)5-6-11(16)12(13,14)15/h3-7H,1-2H3/b6-5+. The van der Waals surface area contributed by atoms with E-state index in [1.807, 2.05) is 13.0 Å². The van der Waals surface area contributed by atoms with Crippen molar-refractivity contribution >= 4 is 11.9 Å². The lowest BCUT2D eigenvalue weighted by Crippen LogP contribution is -2.19. The zero-order chi connectivity index (χ0) is 12.3. The third-order valence-electron chi connectivity index (χ3n) is 2.12. The summed E-state index contributed by atoms with van der Waals surface area (Å²) < 4.78 is 35.7. The van der Waals surface area contributed by atoms with Crippen LogP contribution in [-0.4, -0.2) is 12.0 Å². The Bertz CT molecular complexity index is 430. The van der Waals surface area contributed by atoms with E-state index in [0.717, 1.165) is 11.1 Å². The summed E-state index contributed by atoms with van der Waals surface area (Å²) in [7, 11) is 0. The predicted octanol–water partition coefficient (Wildman–Crippen LogP) is 3.45. The van der Waals surface area contributed by atoms with Crippen molar-refractivity contribution in [2.45, 2.75) is 20.0 Å². The van der Waals surface area contributed by atoms with Crippen LogP contribution < -0.4 is 0 Å². The smallest absolute Gasteiger partial charge is 0.285 e. The predicted molar refractivity (Wildman–Crippen MR) is 56.0 cm³/mol. The van der Waals surface area contributed by atoms with Gasteiger partial charge in [-0.05, 0) is 31.1 Å². The maximum absolute atomic E-state index is 11.9. The molecule has 0 bridgehead atoms. The molecule has 1 rings (SSSR count). The Morgan fingerprint density at radius 1 is 1.25 bits per heavy atom. The first-order valence-electron chi connectivity index (χ1n) is 4.67. The molecule has 0 atom stereocenters. The molecule has 0 aliphatic carbocycles. The molecule has 4 heteroatoms. The van der Waals surface area contributed by atoms with Crippen molar-refractivity contribution in [1.29, 1.82) is 0 Å². The normalized spacial score (nSPS) is 12.1. The average Bonchev–Trinajstić information content (AvgIpc) is 2.14. The van der Waals surface area contributed by atoms with E-state index < -0.39 is 12.0 Å². The maximum atomic E-state index is 11.9. The fourth-order valence-electron chi connectivity index (χ4n) is 1.27. The summed E-state index contributed by atoms with van der Waals surface area (Å²) in [5.74, 6) is -1.84. The highest BCUT2D eigenvalue weighted by Crippen LogP contribution is 2.18. The van der Waals surface area contributed by atoms with Crippen LogP contribution in [-0.2, 0) is 4.79 Å². The van der Waals surface area contributed by atoms with E-state index >= 15 is 0 Å². The van der Waals surface area contributed by atoms with Crippen molar-refractivity contribution in [3.63, 3.8) is 0 Å². The highest BCUT2D eigenvalue weighted by molar-refractivity contribution is 5.97. The van der Waals surface area contributed by atoms with Gasteiger partial charge in [0.2, 0.25) is 0 Å². The molecular formula is C12H11F3O. The molecule has 0 fully saturated rings. The highest BCUT2D eigenvalue weighted by Gasteiger charge is 2.35. The first kappa shape index (κ1) is 12.5. The molecule has 0 aliphatic rings. The molecule has 0 spiro atoms. The van der Waals surface area contributed by atoms with Crippen molar-refractivity contribution in [2.24, 2.45) is 0 Å². The minimum absolute atomic E-state index is 0.553. The largest absolute Gasteiger partial charge is 0.454 e. The quantitative estimate of drug-likeness (QED) is 0.708. The fraction of sp³-hybridized carbons (Fsp3) is 0.250. The number of hydrogen-bond acceptors (Lipinski definition) is 1. The number of aryl methyl sites for hydroxylation is 2. The molecule has 1 aromatic carbocycles. The van der Waals surface area contributed by atoms with Crippen molar-refractivity contribution in [3.8, 4) is 0 Å². The van der Waals surface area contributed by atoms with Crippen LogP contribution in [0.25, 0.3) is 6.08 Å². The summed E-state index contributed by atoms with van der Waals surface area (Å²) in [6, 6.07) is 5.31. The van der Waals surface area contributed by atoms with Gasteiger partial charge in [-0.3, -0.25) is 4.79 Å². The van der Waals surface area contributed by atoms with Gasteiger partial charge in [-0.15, -0.1) is 0 Å². The van der Waals surface area contributed by atoms with Crippen LogP contribution in [0.5, 0.6) is 0 Å². The topological polar surface area (TPSA) is 17.1 Å². The minimum atomic E-state index is -4.80. The van der Waals surface area contributed by atoms with Gasteiger partial charge in [0.15, 0.2) is 0 Å². The van der Waals surface area contributed by atoms with E-state index in [9.17, 15) is 18.0 Å². The minimum Gasteiger partial charge on any atom is -0.285 e. The van der Waals surface area contributed by atoms with Crippen LogP contribution in [0.15, 0.2) is 24.3 Å². The summed E-state index contributed by atoms with van der Waals surface area (Å²) >= 11 is 0. The van der Waals surface area contributed by atoms with E-state index in [0.29, 0.717) is 11.6 Å². The number of hydrogen-bond donors (Lipinski definition) is 0. The van der Waals surface area contributed by atoms with Gasteiger partial charge < -0.3 is 0 Å². The van der Waals surface area contributed by atoms with Gasteiger partial charge >= 0.3 is 6.18 Å². The van der Waals surface area contributed by atoms with Crippen LogP contribution in [0.2, 0.25) is 0 Å². The van der Waals surface area contributed by atoms with Crippen LogP contribution in [0.3, 0.4) is 0 Å². The van der Waals surface area contributed by atoms with Gasteiger partial charge in [-0.2, -0.15) is 13.2 Å². The summed E-state index contributed by atoms with van der Waals surface area (Å²) in [5.41, 5.74) is 2.48. The third kappa shape index (κ3) is 3.22. The van der Waals surface area contributed by atoms with Crippen molar-refractivity contribution < 1.29 is 18.0 Å². The molecule has 0 N–H and O–H groups in total. The Hall–Kier alpha value is -1.58. The monoisotopic (exact) mass is 228 g/mol. The molecule has 86 valence electrons. The molecular weight excluding hydrogens is 217 g/mol. The number of carbonyl (C=O) groups excluding carboxylic acids is 1. The highest BCUT2D eigenvalue weighted by atomic mass is 19.4. The molecule has 0 radical (unpaired) electrons. The molecule has 16 heavy (non-hydrogen) atoms. The lowest BCUT2D eigenvalue weighted by molar-refractivity contribution is -0.165. The zero-order valence-corrected chi connectivity index (χ0v) is 8.93. The van der Waals surface area contributed by atoms with E-state index in [-0.39, 0.29) is 0 Å². The van der Waals surface area contributed by atoms with Crippen molar-refractivity contribution in [2.75, 3.05) is 0 Å². The number of allylic oxidation sites excluding steroid dienone is 1. The Balaban J connectivity index is 2.89. The molecule has 0 saturated carbocycles. The van der Waals surface area contributed by atoms with Gasteiger partial charge in [-0.25, -0.2) is 0 Å². The molecule has 1 nitrogen and oxygen atoms in total. The van der Waals surface area contributed by atoms with E-state index in [4.69, 9.17) is 0 Å². The summed E-state index contributed by atoms with van der Waals surface area (Å²) in [5, 5.41) is 0.